The third kappa shape index (κ3) is 3.80. The number of thiophene rings is 1. The van der Waals surface area contributed by atoms with E-state index in [1.807, 2.05) is 27.4 Å². The molecule has 0 bridgehead atoms. The standard InChI is InChI=1S/C13H24N4OS2/c1-15(2)7-8-17(5)13-11(19-6)9(14)10(20-13)12(18)16(3)4/h7-8,14H2,1-6H3. The summed E-state index contributed by atoms with van der Waals surface area (Å²) in [6.45, 7) is 1.86. The normalized spacial score (nSPS) is 10.9. The first-order valence-electron chi connectivity index (χ1n) is 6.33. The fourth-order valence-corrected chi connectivity index (χ4v) is 3.90. The molecule has 0 aliphatic heterocycles. The second-order valence-electron chi connectivity index (χ2n) is 5.11. The van der Waals surface area contributed by atoms with Crippen LogP contribution >= 0.6 is 23.1 Å². The molecule has 1 aromatic rings. The minimum absolute atomic E-state index is 0.0324. The maximum absolute atomic E-state index is 12.2. The molecule has 5 nitrogen and oxygen atoms in total. The Kier molecular flexibility index (Phi) is 6.16. The maximum Gasteiger partial charge on any atom is 0.265 e. The lowest BCUT2D eigenvalue weighted by Gasteiger charge is -2.21. The van der Waals surface area contributed by atoms with Crippen LogP contribution < -0.4 is 10.6 Å². The number of carbonyl (C=O) groups excluding carboxylic acids is 1. The van der Waals surface area contributed by atoms with E-state index in [9.17, 15) is 4.79 Å². The van der Waals surface area contributed by atoms with Crippen LogP contribution in [-0.2, 0) is 0 Å². The zero-order valence-electron chi connectivity index (χ0n) is 13.1. The van der Waals surface area contributed by atoms with Crippen LogP contribution in [0.1, 0.15) is 9.67 Å². The third-order valence-electron chi connectivity index (χ3n) is 2.92. The highest BCUT2D eigenvalue weighted by Gasteiger charge is 2.23. The summed E-state index contributed by atoms with van der Waals surface area (Å²) in [6, 6.07) is 0. The summed E-state index contributed by atoms with van der Waals surface area (Å²) in [4.78, 5) is 19.7. The van der Waals surface area contributed by atoms with Crippen LogP contribution in [0.2, 0.25) is 0 Å². The summed E-state index contributed by atoms with van der Waals surface area (Å²) in [5.41, 5.74) is 6.76. The number of rotatable bonds is 6. The first kappa shape index (κ1) is 17.1. The van der Waals surface area contributed by atoms with Crippen molar-refractivity contribution >= 4 is 39.7 Å². The average Bonchev–Trinajstić information content (AvgIpc) is 2.71. The van der Waals surface area contributed by atoms with E-state index < -0.39 is 0 Å². The summed E-state index contributed by atoms with van der Waals surface area (Å²) in [5, 5.41) is 1.07. The van der Waals surface area contributed by atoms with Gasteiger partial charge in [-0.3, -0.25) is 4.79 Å². The van der Waals surface area contributed by atoms with Gasteiger partial charge in [0.15, 0.2) is 0 Å². The van der Waals surface area contributed by atoms with Crippen molar-refractivity contribution in [3.63, 3.8) is 0 Å². The van der Waals surface area contributed by atoms with E-state index in [1.165, 1.54) is 11.3 Å². The molecule has 1 rings (SSSR count). The van der Waals surface area contributed by atoms with Crippen molar-refractivity contribution < 1.29 is 4.79 Å². The Bertz CT molecular complexity index is 471. The molecular weight excluding hydrogens is 292 g/mol. The highest BCUT2D eigenvalue weighted by molar-refractivity contribution is 7.99. The Morgan fingerprint density at radius 1 is 1.20 bits per heavy atom. The molecule has 1 amide bonds. The van der Waals surface area contributed by atoms with Gasteiger partial charge in [0, 0.05) is 34.2 Å². The fourth-order valence-electron chi connectivity index (χ4n) is 1.68. The lowest BCUT2D eigenvalue weighted by atomic mass is 10.3. The van der Waals surface area contributed by atoms with Gasteiger partial charge in [-0.05, 0) is 20.4 Å². The zero-order chi connectivity index (χ0) is 15.4. The zero-order valence-corrected chi connectivity index (χ0v) is 14.7. The molecule has 0 spiro atoms. The van der Waals surface area contributed by atoms with Crippen molar-refractivity contribution in [3.05, 3.63) is 4.88 Å². The highest BCUT2D eigenvalue weighted by atomic mass is 32.2. The summed E-state index contributed by atoms with van der Waals surface area (Å²) >= 11 is 3.07. The fraction of sp³-hybridized carbons (Fsp3) is 0.615. The summed E-state index contributed by atoms with van der Waals surface area (Å²) in [7, 11) is 9.63. The molecule has 0 saturated heterocycles. The lowest BCUT2D eigenvalue weighted by molar-refractivity contribution is 0.0833. The number of thioether (sulfide) groups is 1. The largest absolute Gasteiger partial charge is 0.396 e. The van der Waals surface area contributed by atoms with Gasteiger partial charge in [-0.15, -0.1) is 23.1 Å². The van der Waals surface area contributed by atoms with Gasteiger partial charge in [-0.25, -0.2) is 0 Å². The van der Waals surface area contributed by atoms with Gasteiger partial charge in [0.25, 0.3) is 5.91 Å². The van der Waals surface area contributed by atoms with Gasteiger partial charge >= 0.3 is 0 Å². The van der Waals surface area contributed by atoms with Crippen molar-refractivity contribution in [2.45, 2.75) is 4.90 Å². The highest BCUT2D eigenvalue weighted by Crippen LogP contribution is 2.43. The number of amides is 1. The monoisotopic (exact) mass is 316 g/mol. The van der Waals surface area contributed by atoms with Gasteiger partial charge in [0.1, 0.15) is 9.88 Å². The predicted octanol–water partition coefficient (Wildman–Crippen LogP) is 1.75. The van der Waals surface area contributed by atoms with Crippen molar-refractivity contribution in [1.29, 1.82) is 0 Å². The van der Waals surface area contributed by atoms with Crippen LogP contribution in [0.15, 0.2) is 4.90 Å². The number of nitrogen functional groups attached to an aromatic ring is 1. The Labute approximate surface area is 129 Å². The minimum atomic E-state index is -0.0324. The Hall–Kier alpha value is -0.920. The molecule has 114 valence electrons. The number of hydrogen-bond acceptors (Lipinski definition) is 6. The Balaban J connectivity index is 3.07. The van der Waals surface area contributed by atoms with Crippen LogP contribution in [0.3, 0.4) is 0 Å². The molecule has 0 aliphatic rings. The quantitative estimate of drug-likeness (QED) is 0.810. The van der Waals surface area contributed by atoms with Gasteiger partial charge in [0.2, 0.25) is 0 Å². The lowest BCUT2D eigenvalue weighted by Crippen LogP contribution is -2.28. The first-order valence-corrected chi connectivity index (χ1v) is 8.37. The predicted molar refractivity (Wildman–Crippen MR) is 90.4 cm³/mol. The van der Waals surface area contributed by atoms with E-state index in [1.54, 1.807) is 30.8 Å². The number of likely N-dealkylation sites (N-methyl/N-ethyl adjacent to an activating group) is 2. The number of hydrogen-bond donors (Lipinski definition) is 1. The van der Waals surface area contributed by atoms with E-state index in [-0.39, 0.29) is 5.91 Å². The molecule has 0 atom stereocenters. The molecule has 2 N–H and O–H groups in total. The SMILES string of the molecule is CSc1c(N(C)CCN(C)C)sc(C(=O)N(C)C)c1N. The topological polar surface area (TPSA) is 52.8 Å². The Morgan fingerprint density at radius 3 is 2.25 bits per heavy atom. The van der Waals surface area contributed by atoms with Gasteiger partial charge in [-0.2, -0.15) is 0 Å². The smallest absolute Gasteiger partial charge is 0.265 e. The van der Waals surface area contributed by atoms with E-state index in [0.29, 0.717) is 10.6 Å². The summed E-state index contributed by atoms with van der Waals surface area (Å²) in [6.07, 6.45) is 1.99. The number of nitrogens with two attached hydrogens (primary N) is 1. The van der Waals surface area contributed by atoms with E-state index in [0.717, 1.165) is 23.0 Å². The number of nitrogens with zero attached hydrogens (tertiary/aromatic N) is 3. The molecule has 0 saturated carbocycles. The third-order valence-corrected chi connectivity index (χ3v) is 5.17. The molecule has 0 unspecified atom stereocenters. The average molecular weight is 316 g/mol. The minimum Gasteiger partial charge on any atom is -0.396 e. The van der Waals surface area contributed by atoms with Crippen LogP contribution in [0, 0.1) is 0 Å². The van der Waals surface area contributed by atoms with Crippen LogP contribution in [0.4, 0.5) is 10.7 Å². The van der Waals surface area contributed by atoms with Crippen molar-refractivity contribution in [3.8, 4) is 0 Å². The van der Waals surface area contributed by atoms with Crippen LogP contribution in [0.5, 0.6) is 0 Å². The van der Waals surface area contributed by atoms with Gasteiger partial charge in [0.05, 0.1) is 10.6 Å². The van der Waals surface area contributed by atoms with Gasteiger partial charge < -0.3 is 20.4 Å². The molecule has 1 heterocycles. The molecule has 0 fully saturated rings. The first-order chi connectivity index (χ1) is 9.29. The van der Waals surface area contributed by atoms with E-state index >= 15 is 0 Å². The molecule has 20 heavy (non-hydrogen) atoms. The summed E-state index contributed by atoms with van der Waals surface area (Å²) < 4.78 is 0. The van der Waals surface area contributed by atoms with Crippen molar-refractivity contribution in [2.24, 2.45) is 0 Å². The van der Waals surface area contributed by atoms with E-state index in [4.69, 9.17) is 5.73 Å². The molecule has 1 aromatic heterocycles. The second kappa shape index (κ2) is 7.19. The second-order valence-corrected chi connectivity index (χ2v) is 6.92. The molecule has 7 heteroatoms. The van der Waals surface area contributed by atoms with Gasteiger partial charge in [-0.1, -0.05) is 0 Å². The van der Waals surface area contributed by atoms with Crippen molar-refractivity contribution in [2.75, 3.05) is 65.2 Å². The molecule has 0 radical (unpaired) electrons. The number of anilines is 2. The Morgan fingerprint density at radius 2 is 1.80 bits per heavy atom. The van der Waals surface area contributed by atoms with Crippen LogP contribution in [-0.4, -0.2) is 70.3 Å². The molecular formula is C13H24N4OS2. The van der Waals surface area contributed by atoms with Crippen LogP contribution in [0.25, 0.3) is 0 Å². The van der Waals surface area contributed by atoms with E-state index in [2.05, 4.69) is 9.80 Å². The molecule has 0 aromatic carbocycles. The maximum atomic E-state index is 12.2. The summed E-state index contributed by atoms with van der Waals surface area (Å²) in [5.74, 6) is -0.0324. The number of carbonyl (C=O) groups is 1. The molecule has 0 aliphatic carbocycles. The van der Waals surface area contributed by atoms with Crippen molar-refractivity contribution in [1.82, 2.24) is 9.80 Å².